The molecule has 0 atom stereocenters. The van der Waals surface area contributed by atoms with E-state index in [1.54, 1.807) is 11.3 Å². The molecule has 0 aliphatic heterocycles. The molecule has 0 fully saturated rings. The zero-order chi connectivity index (χ0) is 9.80. The quantitative estimate of drug-likeness (QED) is 0.820. The fourth-order valence-corrected chi connectivity index (χ4v) is 1.76. The Balaban J connectivity index is 1.81. The van der Waals surface area contributed by atoms with Crippen molar-refractivity contribution in [3.63, 3.8) is 0 Å². The van der Waals surface area contributed by atoms with Crippen molar-refractivity contribution >= 4 is 11.3 Å². The minimum absolute atomic E-state index is 0.793. The Morgan fingerprint density at radius 1 is 1.50 bits per heavy atom. The number of aromatic nitrogens is 3. The van der Waals surface area contributed by atoms with Crippen LogP contribution >= 0.6 is 11.3 Å². The van der Waals surface area contributed by atoms with Crippen LogP contribution in [0.4, 0.5) is 0 Å². The summed E-state index contributed by atoms with van der Waals surface area (Å²) in [5, 5.41) is 3.32. The second-order valence-electron chi connectivity index (χ2n) is 3.03. The normalized spacial score (nSPS) is 10.6. The molecule has 0 bridgehead atoms. The molecule has 0 unspecified atom stereocenters. The van der Waals surface area contributed by atoms with Crippen molar-refractivity contribution in [1.82, 2.24) is 19.9 Å². The van der Waals surface area contributed by atoms with Gasteiger partial charge in [0.05, 0.1) is 12.1 Å². The summed E-state index contributed by atoms with van der Waals surface area (Å²) < 4.78 is 2.01. The molecular formula is C9H12N4S. The Labute approximate surface area is 86.6 Å². The van der Waals surface area contributed by atoms with Crippen LogP contribution in [0.15, 0.2) is 24.1 Å². The van der Waals surface area contributed by atoms with Crippen LogP contribution in [0.25, 0.3) is 0 Å². The largest absolute Gasteiger partial charge is 0.337 e. The maximum Gasteiger partial charge on any atom is 0.122 e. The molecule has 2 rings (SSSR count). The lowest BCUT2D eigenvalue weighted by molar-refractivity contribution is 0.643. The predicted molar refractivity (Wildman–Crippen MR) is 55.9 cm³/mol. The van der Waals surface area contributed by atoms with Crippen molar-refractivity contribution in [2.75, 3.05) is 0 Å². The van der Waals surface area contributed by atoms with Crippen molar-refractivity contribution in [2.24, 2.45) is 7.05 Å². The lowest BCUT2D eigenvalue weighted by atomic mass is 10.5. The molecule has 2 heterocycles. The van der Waals surface area contributed by atoms with Crippen molar-refractivity contribution in [3.8, 4) is 0 Å². The number of aryl methyl sites for hydroxylation is 1. The molecule has 0 aliphatic rings. The average molecular weight is 208 g/mol. The predicted octanol–water partition coefficient (Wildman–Crippen LogP) is 1.17. The first kappa shape index (κ1) is 9.36. The van der Waals surface area contributed by atoms with Crippen molar-refractivity contribution in [3.05, 3.63) is 34.8 Å². The van der Waals surface area contributed by atoms with Crippen LogP contribution < -0.4 is 5.32 Å². The van der Waals surface area contributed by atoms with Gasteiger partial charge in [0, 0.05) is 37.1 Å². The molecule has 0 spiro atoms. The molecule has 0 aromatic carbocycles. The molecule has 2 aromatic rings. The van der Waals surface area contributed by atoms with Gasteiger partial charge in [-0.05, 0) is 0 Å². The molecule has 0 saturated carbocycles. The van der Waals surface area contributed by atoms with Gasteiger partial charge in [-0.25, -0.2) is 4.98 Å². The van der Waals surface area contributed by atoms with Gasteiger partial charge in [-0.2, -0.15) is 0 Å². The molecule has 14 heavy (non-hydrogen) atoms. The smallest absolute Gasteiger partial charge is 0.122 e. The van der Waals surface area contributed by atoms with Crippen LogP contribution in [-0.2, 0) is 20.1 Å². The van der Waals surface area contributed by atoms with Gasteiger partial charge in [0.25, 0.3) is 0 Å². The van der Waals surface area contributed by atoms with E-state index in [0.29, 0.717) is 0 Å². The topological polar surface area (TPSA) is 42.7 Å². The Bertz CT molecular complexity index is 379. The molecule has 2 aromatic heterocycles. The minimum atomic E-state index is 0.793. The summed E-state index contributed by atoms with van der Waals surface area (Å²) in [4.78, 5) is 9.49. The summed E-state index contributed by atoms with van der Waals surface area (Å²) in [6, 6.07) is 0. The molecular weight excluding hydrogens is 196 g/mol. The molecule has 0 radical (unpaired) electrons. The van der Waals surface area contributed by atoms with Gasteiger partial charge < -0.3 is 9.88 Å². The third kappa shape index (κ3) is 2.18. The van der Waals surface area contributed by atoms with E-state index < -0.39 is 0 Å². The van der Waals surface area contributed by atoms with E-state index in [2.05, 4.69) is 15.3 Å². The first-order valence-electron chi connectivity index (χ1n) is 4.40. The highest BCUT2D eigenvalue weighted by atomic mass is 32.1. The zero-order valence-corrected chi connectivity index (χ0v) is 8.79. The number of rotatable bonds is 4. The second kappa shape index (κ2) is 4.34. The van der Waals surface area contributed by atoms with Gasteiger partial charge in [-0.15, -0.1) is 11.3 Å². The second-order valence-corrected chi connectivity index (χ2v) is 4.00. The van der Waals surface area contributed by atoms with E-state index in [9.17, 15) is 0 Å². The number of hydrogen-bond acceptors (Lipinski definition) is 4. The number of hydrogen-bond donors (Lipinski definition) is 1. The van der Waals surface area contributed by atoms with Gasteiger partial charge >= 0.3 is 0 Å². The minimum Gasteiger partial charge on any atom is -0.337 e. The van der Waals surface area contributed by atoms with Crippen LogP contribution in [-0.4, -0.2) is 14.5 Å². The standard InChI is InChI=1S/C9H12N4S/c1-13-3-2-12-9(13)6-10-4-8-5-11-7-14-8/h2-3,5,7,10H,4,6H2,1H3. The molecule has 0 amide bonds. The summed E-state index contributed by atoms with van der Waals surface area (Å²) >= 11 is 1.66. The molecule has 4 nitrogen and oxygen atoms in total. The zero-order valence-electron chi connectivity index (χ0n) is 7.97. The van der Waals surface area contributed by atoms with E-state index in [4.69, 9.17) is 0 Å². The van der Waals surface area contributed by atoms with E-state index >= 15 is 0 Å². The summed E-state index contributed by atoms with van der Waals surface area (Å²) in [5.41, 5.74) is 1.85. The Kier molecular flexibility index (Phi) is 2.90. The highest BCUT2D eigenvalue weighted by Crippen LogP contribution is 2.04. The fourth-order valence-electron chi connectivity index (χ4n) is 1.19. The Morgan fingerprint density at radius 2 is 2.43 bits per heavy atom. The fraction of sp³-hybridized carbons (Fsp3) is 0.333. The lowest BCUT2D eigenvalue weighted by Gasteiger charge is -2.02. The first-order valence-corrected chi connectivity index (χ1v) is 5.28. The first-order chi connectivity index (χ1) is 6.86. The Morgan fingerprint density at radius 3 is 3.07 bits per heavy atom. The van der Waals surface area contributed by atoms with Crippen LogP contribution in [0.2, 0.25) is 0 Å². The molecule has 0 aliphatic carbocycles. The van der Waals surface area contributed by atoms with Gasteiger partial charge in [0.2, 0.25) is 0 Å². The number of imidazole rings is 1. The summed E-state index contributed by atoms with van der Waals surface area (Å²) in [5.74, 6) is 1.05. The number of thiazole rings is 1. The monoisotopic (exact) mass is 208 g/mol. The summed E-state index contributed by atoms with van der Waals surface area (Å²) in [7, 11) is 2.00. The number of nitrogens with zero attached hydrogens (tertiary/aromatic N) is 3. The van der Waals surface area contributed by atoms with Gasteiger partial charge in [-0.3, -0.25) is 4.98 Å². The summed E-state index contributed by atoms with van der Waals surface area (Å²) in [6.07, 6.45) is 5.64. The average Bonchev–Trinajstić information content (AvgIpc) is 2.78. The number of nitrogens with one attached hydrogen (secondary N) is 1. The Hall–Kier alpha value is -1.20. The van der Waals surface area contributed by atoms with Crippen molar-refractivity contribution in [1.29, 1.82) is 0 Å². The lowest BCUT2D eigenvalue weighted by Crippen LogP contribution is -2.14. The van der Waals surface area contributed by atoms with E-state index in [0.717, 1.165) is 18.9 Å². The van der Waals surface area contributed by atoms with Gasteiger partial charge in [-0.1, -0.05) is 0 Å². The van der Waals surface area contributed by atoms with Crippen LogP contribution in [0.3, 0.4) is 0 Å². The molecule has 5 heteroatoms. The third-order valence-corrected chi connectivity index (χ3v) is 2.77. The van der Waals surface area contributed by atoms with Gasteiger partial charge in [0.15, 0.2) is 0 Å². The van der Waals surface area contributed by atoms with Crippen molar-refractivity contribution in [2.45, 2.75) is 13.1 Å². The van der Waals surface area contributed by atoms with Crippen LogP contribution in [0.1, 0.15) is 10.7 Å². The van der Waals surface area contributed by atoms with E-state index in [1.165, 1.54) is 4.88 Å². The highest BCUT2D eigenvalue weighted by Gasteiger charge is 1.98. The SMILES string of the molecule is Cn1ccnc1CNCc1cncs1. The summed E-state index contributed by atoms with van der Waals surface area (Å²) in [6.45, 7) is 1.65. The molecule has 1 N–H and O–H groups in total. The maximum atomic E-state index is 4.22. The molecule has 74 valence electrons. The third-order valence-electron chi connectivity index (χ3n) is 1.99. The molecule has 0 saturated heterocycles. The van der Waals surface area contributed by atoms with Crippen molar-refractivity contribution < 1.29 is 0 Å². The van der Waals surface area contributed by atoms with E-state index in [1.807, 2.05) is 35.7 Å². The highest BCUT2D eigenvalue weighted by molar-refractivity contribution is 7.09. The van der Waals surface area contributed by atoms with Crippen LogP contribution in [0.5, 0.6) is 0 Å². The van der Waals surface area contributed by atoms with Crippen LogP contribution in [0, 0.1) is 0 Å². The van der Waals surface area contributed by atoms with Gasteiger partial charge in [0.1, 0.15) is 5.82 Å². The van der Waals surface area contributed by atoms with E-state index in [-0.39, 0.29) is 0 Å². The maximum absolute atomic E-state index is 4.22.